The van der Waals surface area contributed by atoms with Gasteiger partial charge in [-0.3, -0.25) is 24.6 Å². The van der Waals surface area contributed by atoms with Crippen molar-refractivity contribution < 1.29 is 14.5 Å². The van der Waals surface area contributed by atoms with Gasteiger partial charge in [-0.2, -0.15) is 0 Å². The number of imide groups is 1. The summed E-state index contributed by atoms with van der Waals surface area (Å²) >= 11 is 0. The molecule has 3 aromatic rings. The smallest absolute Gasteiger partial charge is 0.278 e. The van der Waals surface area contributed by atoms with Crippen LogP contribution in [0.4, 0.5) is 11.4 Å². The highest BCUT2D eigenvalue weighted by Crippen LogP contribution is 2.33. The van der Waals surface area contributed by atoms with E-state index >= 15 is 0 Å². The number of amides is 2. The zero-order valence-electron chi connectivity index (χ0n) is 18.6. The van der Waals surface area contributed by atoms with Crippen LogP contribution in [-0.4, -0.2) is 21.6 Å². The van der Waals surface area contributed by atoms with E-state index in [2.05, 4.69) is 5.32 Å². The van der Waals surface area contributed by atoms with Crippen molar-refractivity contribution in [2.75, 3.05) is 5.32 Å². The van der Waals surface area contributed by atoms with Crippen molar-refractivity contribution in [3.05, 3.63) is 110 Å². The number of nitrogens with one attached hydrogen (secondary N) is 1. The van der Waals surface area contributed by atoms with Crippen molar-refractivity contribution in [1.29, 1.82) is 0 Å². The molecule has 0 unspecified atom stereocenters. The first-order valence-electron chi connectivity index (χ1n) is 10.5. The second-order valence-electron chi connectivity index (χ2n) is 8.18. The Morgan fingerprint density at radius 3 is 2.12 bits per heavy atom. The Kier molecular flexibility index (Phi) is 5.79. The number of rotatable bonds is 6. The number of nitro groups is 1. The minimum absolute atomic E-state index is 0.0864. The van der Waals surface area contributed by atoms with Gasteiger partial charge in [0.2, 0.25) is 0 Å². The highest BCUT2D eigenvalue weighted by Gasteiger charge is 2.39. The van der Waals surface area contributed by atoms with Gasteiger partial charge in [-0.05, 0) is 61.2 Å². The predicted octanol–water partition coefficient (Wildman–Crippen LogP) is 4.91. The fraction of sp³-hybridized carbons (Fsp3) is 0.154. The molecule has 0 fully saturated rings. The summed E-state index contributed by atoms with van der Waals surface area (Å²) in [4.78, 5) is 38.6. The summed E-state index contributed by atoms with van der Waals surface area (Å²) in [6, 6.07) is 19.1. The van der Waals surface area contributed by atoms with Gasteiger partial charge >= 0.3 is 0 Å². The second-order valence-corrected chi connectivity index (χ2v) is 8.18. The van der Waals surface area contributed by atoms with Crippen molar-refractivity contribution in [2.45, 2.75) is 27.3 Å². The zero-order chi connectivity index (χ0) is 23.7. The first-order valence-corrected chi connectivity index (χ1v) is 10.5. The average molecular weight is 441 g/mol. The fourth-order valence-corrected chi connectivity index (χ4v) is 3.73. The average Bonchev–Trinajstić information content (AvgIpc) is 3.02. The van der Waals surface area contributed by atoms with Crippen LogP contribution in [0.2, 0.25) is 0 Å². The van der Waals surface area contributed by atoms with Crippen LogP contribution in [0, 0.1) is 30.9 Å². The molecule has 1 aliphatic heterocycles. The fourth-order valence-electron chi connectivity index (χ4n) is 3.73. The minimum Gasteiger partial charge on any atom is -0.350 e. The van der Waals surface area contributed by atoms with Gasteiger partial charge in [0.1, 0.15) is 5.70 Å². The Labute approximate surface area is 191 Å². The first kappa shape index (κ1) is 22.0. The molecule has 1 heterocycles. The number of nitrogens with zero attached hydrogens (tertiary/aromatic N) is 2. The van der Waals surface area contributed by atoms with Gasteiger partial charge in [-0.15, -0.1) is 0 Å². The molecule has 0 spiro atoms. The van der Waals surface area contributed by atoms with Crippen LogP contribution in [0.5, 0.6) is 0 Å². The van der Waals surface area contributed by atoms with Crippen LogP contribution in [0.15, 0.2) is 72.4 Å². The number of carbonyl (C=O) groups is 2. The lowest BCUT2D eigenvalue weighted by molar-refractivity contribution is -0.384. The molecule has 1 aliphatic rings. The number of hydrogen-bond donors (Lipinski definition) is 1. The van der Waals surface area contributed by atoms with Crippen molar-refractivity contribution in [2.24, 2.45) is 0 Å². The van der Waals surface area contributed by atoms with Crippen LogP contribution in [0.25, 0.3) is 5.57 Å². The van der Waals surface area contributed by atoms with E-state index in [0.717, 1.165) is 27.9 Å². The monoisotopic (exact) mass is 441 g/mol. The largest absolute Gasteiger partial charge is 0.350 e. The summed E-state index contributed by atoms with van der Waals surface area (Å²) in [6.45, 7) is 5.96. The molecule has 0 saturated heterocycles. The number of benzene rings is 3. The molecule has 0 atom stereocenters. The van der Waals surface area contributed by atoms with Crippen molar-refractivity contribution >= 4 is 28.8 Å². The Morgan fingerprint density at radius 2 is 1.48 bits per heavy atom. The van der Waals surface area contributed by atoms with E-state index in [-0.39, 0.29) is 23.5 Å². The van der Waals surface area contributed by atoms with E-state index in [1.165, 1.54) is 29.2 Å². The first-order chi connectivity index (χ1) is 15.7. The molecule has 33 heavy (non-hydrogen) atoms. The summed E-state index contributed by atoms with van der Waals surface area (Å²) < 4.78 is 0. The molecule has 1 N–H and O–H groups in total. The van der Waals surface area contributed by atoms with Crippen molar-refractivity contribution in [3.63, 3.8) is 0 Å². The predicted molar refractivity (Wildman–Crippen MR) is 126 cm³/mol. The number of carbonyl (C=O) groups excluding carboxylic acids is 2. The number of nitro benzene ring substituents is 1. The third-order valence-corrected chi connectivity index (χ3v) is 5.65. The van der Waals surface area contributed by atoms with Gasteiger partial charge in [-0.1, -0.05) is 42.0 Å². The van der Waals surface area contributed by atoms with Crippen molar-refractivity contribution in [3.8, 4) is 0 Å². The standard InChI is InChI=1S/C26H23N3O4/c1-16-5-8-19(9-6-16)15-28-25(30)23(20-10-12-21(13-11-20)29(32)33)24(26(28)31)27-22-14-17(2)4-7-18(22)3/h4-14,27H,15H2,1-3H3. The van der Waals surface area contributed by atoms with E-state index in [1.807, 2.05) is 63.2 Å². The van der Waals surface area contributed by atoms with Gasteiger partial charge in [-0.25, -0.2) is 0 Å². The maximum absolute atomic E-state index is 13.4. The molecular formula is C26H23N3O4. The Hall–Kier alpha value is -4.26. The highest BCUT2D eigenvalue weighted by atomic mass is 16.6. The summed E-state index contributed by atoms with van der Waals surface area (Å²) in [5, 5.41) is 14.2. The van der Waals surface area contributed by atoms with Gasteiger partial charge in [0, 0.05) is 17.8 Å². The topological polar surface area (TPSA) is 92.6 Å². The molecule has 0 aromatic heterocycles. The third-order valence-electron chi connectivity index (χ3n) is 5.65. The number of anilines is 1. The number of non-ortho nitro benzene ring substituents is 1. The Bertz CT molecular complexity index is 1290. The van der Waals surface area contributed by atoms with Crippen LogP contribution >= 0.6 is 0 Å². The maximum atomic E-state index is 13.4. The maximum Gasteiger partial charge on any atom is 0.278 e. The zero-order valence-corrected chi connectivity index (χ0v) is 18.6. The molecule has 0 radical (unpaired) electrons. The quantitative estimate of drug-likeness (QED) is 0.333. The minimum atomic E-state index is -0.501. The number of hydrogen-bond acceptors (Lipinski definition) is 5. The molecule has 7 nitrogen and oxygen atoms in total. The summed E-state index contributed by atoms with van der Waals surface area (Å²) in [6.07, 6.45) is 0. The normalized spacial score (nSPS) is 13.6. The van der Waals surface area contributed by atoms with E-state index in [4.69, 9.17) is 0 Å². The highest BCUT2D eigenvalue weighted by molar-refractivity contribution is 6.36. The van der Waals surface area contributed by atoms with Gasteiger partial charge in [0.15, 0.2) is 0 Å². The lowest BCUT2D eigenvalue weighted by atomic mass is 10.0. The SMILES string of the molecule is Cc1ccc(CN2C(=O)C(Nc3cc(C)ccc3C)=C(c3ccc([N+](=O)[O-])cc3)C2=O)cc1. The van der Waals surface area contributed by atoms with Crippen LogP contribution in [0.3, 0.4) is 0 Å². The Morgan fingerprint density at radius 1 is 0.848 bits per heavy atom. The molecule has 2 amide bonds. The van der Waals surface area contributed by atoms with Crippen molar-refractivity contribution in [1.82, 2.24) is 4.90 Å². The lowest BCUT2D eigenvalue weighted by Crippen LogP contribution is -2.32. The summed E-state index contributed by atoms with van der Waals surface area (Å²) in [5.41, 5.74) is 5.29. The molecule has 0 bridgehead atoms. The second kappa shape index (κ2) is 8.70. The van der Waals surface area contributed by atoms with E-state index in [1.54, 1.807) is 0 Å². The van der Waals surface area contributed by atoms with Crippen LogP contribution in [-0.2, 0) is 16.1 Å². The van der Waals surface area contributed by atoms with Crippen LogP contribution in [0.1, 0.15) is 27.8 Å². The molecule has 0 aliphatic carbocycles. The van der Waals surface area contributed by atoms with E-state index in [0.29, 0.717) is 5.56 Å². The number of aryl methyl sites for hydroxylation is 3. The molecular weight excluding hydrogens is 418 g/mol. The van der Waals surface area contributed by atoms with Gasteiger partial charge in [0.05, 0.1) is 17.0 Å². The summed E-state index contributed by atoms with van der Waals surface area (Å²) in [7, 11) is 0. The summed E-state index contributed by atoms with van der Waals surface area (Å²) in [5.74, 6) is -0.878. The van der Waals surface area contributed by atoms with E-state index in [9.17, 15) is 19.7 Å². The van der Waals surface area contributed by atoms with Gasteiger partial charge in [0.25, 0.3) is 17.5 Å². The third kappa shape index (κ3) is 4.39. The van der Waals surface area contributed by atoms with Crippen LogP contribution < -0.4 is 5.32 Å². The molecule has 166 valence electrons. The lowest BCUT2D eigenvalue weighted by Gasteiger charge is -2.16. The Balaban J connectivity index is 1.77. The van der Waals surface area contributed by atoms with E-state index < -0.39 is 16.7 Å². The molecule has 3 aromatic carbocycles. The molecule has 0 saturated carbocycles. The molecule has 7 heteroatoms. The van der Waals surface area contributed by atoms with Gasteiger partial charge < -0.3 is 5.32 Å². The molecule has 4 rings (SSSR count).